The van der Waals surface area contributed by atoms with Crippen LogP contribution < -0.4 is 11.1 Å². The van der Waals surface area contributed by atoms with Gasteiger partial charge in [-0.05, 0) is 44.2 Å². The fourth-order valence-corrected chi connectivity index (χ4v) is 7.59. The molecule has 0 aliphatic carbocycles. The number of quaternary nitrogens is 1. The number of hydrogen-bond acceptors (Lipinski definition) is 8. The number of likely N-dealkylation sites (N-methyl/N-ethyl adjacent to an activating group) is 1. The van der Waals surface area contributed by atoms with Crippen LogP contribution in [0.4, 0.5) is 18.9 Å². The smallest absolute Gasteiger partial charge is 0.359 e. The summed E-state index contributed by atoms with van der Waals surface area (Å²) in [4.78, 5) is 58.8. The first-order chi connectivity index (χ1) is 28.0. The van der Waals surface area contributed by atoms with Gasteiger partial charge in [0.15, 0.2) is 12.4 Å². The number of aliphatic carboxylic acids is 1. The van der Waals surface area contributed by atoms with Crippen molar-refractivity contribution in [3.63, 3.8) is 0 Å². The minimum Gasteiger partial charge on any atom is -0.477 e. The van der Waals surface area contributed by atoms with Crippen molar-refractivity contribution < 1.29 is 46.7 Å². The van der Waals surface area contributed by atoms with Gasteiger partial charge in [-0.2, -0.15) is 13.9 Å². The SMILES string of the molecule is Cc1c(-c2cnc(C(=O)Nc3ccc(C(=O)N4CCN(C(=O)CCC[N+](C)(CCCN)CC(=O)O)CC4)c(Cl)c3)n2C)ccc(-c2cnn(CCOC(F)F)c2C)c1F. The molecule has 1 fully saturated rings. The lowest BCUT2D eigenvalue weighted by Gasteiger charge is -2.36. The summed E-state index contributed by atoms with van der Waals surface area (Å²) >= 11 is 6.56. The summed E-state index contributed by atoms with van der Waals surface area (Å²) in [6.07, 6.45) is 4.43. The van der Waals surface area contributed by atoms with Crippen molar-refractivity contribution in [3.05, 3.63) is 76.2 Å². The van der Waals surface area contributed by atoms with E-state index in [4.69, 9.17) is 17.3 Å². The highest BCUT2D eigenvalue weighted by Gasteiger charge is 2.29. The number of alkyl halides is 2. The average Bonchev–Trinajstić information content (AvgIpc) is 3.75. The van der Waals surface area contributed by atoms with Crippen molar-refractivity contribution in [3.8, 4) is 22.4 Å². The van der Waals surface area contributed by atoms with E-state index in [1.807, 2.05) is 7.05 Å². The van der Waals surface area contributed by atoms with Crippen LogP contribution in [0.2, 0.25) is 5.02 Å². The van der Waals surface area contributed by atoms with Crippen molar-refractivity contribution in [2.75, 3.05) is 71.3 Å². The highest BCUT2D eigenvalue weighted by atomic mass is 35.5. The van der Waals surface area contributed by atoms with E-state index in [1.54, 1.807) is 48.9 Å². The number of aromatic nitrogens is 4. The molecule has 0 saturated carbocycles. The second kappa shape index (κ2) is 19.6. The van der Waals surface area contributed by atoms with E-state index in [1.165, 1.54) is 33.8 Å². The number of imidazole rings is 1. The fraction of sp³-hybridized carbons (Fsp3) is 0.450. The Kier molecular flexibility index (Phi) is 14.9. The number of carboxylic acids is 1. The van der Waals surface area contributed by atoms with E-state index >= 15 is 4.39 Å². The summed E-state index contributed by atoms with van der Waals surface area (Å²) in [5.41, 5.74) is 8.83. The monoisotopic (exact) mass is 844 g/mol. The molecule has 19 heteroatoms. The van der Waals surface area contributed by atoms with Crippen LogP contribution in [0, 0.1) is 19.7 Å². The van der Waals surface area contributed by atoms with Gasteiger partial charge in [-0.1, -0.05) is 23.7 Å². The molecule has 0 bridgehead atoms. The number of halogens is 4. The highest BCUT2D eigenvalue weighted by Crippen LogP contribution is 2.34. The molecule has 1 aliphatic heterocycles. The Morgan fingerprint density at radius 3 is 2.34 bits per heavy atom. The standard InChI is InChI=1S/C40H49ClF3N9O6/c1-25-28(10-11-29(36(25)42)31-22-47-52(26(31)2)17-20-59-40(43)44)33-23-46-37(49(33)3)38(57)48-27-8-9-30(32(41)21-27)39(58)51-15-13-50(14-16-51)34(54)7-5-18-53(4,19-6-12-45)24-35(55)56/h8-11,21-23,40H,5-7,12-20,24,45H2,1-4H3,(H-,48,55,56,57,58)/p+1. The Hall–Kier alpha value is -5.30. The fourth-order valence-electron chi connectivity index (χ4n) is 7.33. The number of nitrogens with zero attached hydrogens (tertiary/aromatic N) is 7. The van der Waals surface area contributed by atoms with Gasteiger partial charge in [-0.15, -0.1) is 0 Å². The maximum absolute atomic E-state index is 15.9. The molecule has 1 saturated heterocycles. The number of amides is 3. The Morgan fingerprint density at radius 1 is 1.00 bits per heavy atom. The molecule has 4 aromatic rings. The third-order valence-corrected chi connectivity index (χ3v) is 11.0. The van der Waals surface area contributed by atoms with Gasteiger partial charge < -0.3 is 39.7 Å². The molecule has 15 nitrogen and oxygen atoms in total. The number of rotatable bonds is 18. The summed E-state index contributed by atoms with van der Waals surface area (Å²) in [5, 5.41) is 16.4. The Balaban J connectivity index is 1.17. The Bertz CT molecular complexity index is 2170. The quantitative estimate of drug-likeness (QED) is 0.119. The topological polar surface area (TPSA) is 178 Å². The van der Waals surface area contributed by atoms with Crippen molar-refractivity contribution in [2.45, 2.75) is 46.3 Å². The number of carbonyl (C=O) groups excluding carboxylic acids is 3. The van der Waals surface area contributed by atoms with E-state index < -0.39 is 24.3 Å². The zero-order chi connectivity index (χ0) is 43.0. The van der Waals surface area contributed by atoms with E-state index in [2.05, 4.69) is 20.1 Å². The van der Waals surface area contributed by atoms with Crippen molar-refractivity contribution in [2.24, 2.45) is 12.8 Å². The van der Waals surface area contributed by atoms with Gasteiger partial charge in [0.2, 0.25) is 5.91 Å². The molecule has 2 aromatic heterocycles. The minimum atomic E-state index is -2.90. The molecule has 1 atom stereocenters. The van der Waals surface area contributed by atoms with E-state index in [0.29, 0.717) is 96.9 Å². The predicted molar refractivity (Wildman–Crippen MR) is 214 cm³/mol. The molecule has 0 spiro atoms. The van der Waals surface area contributed by atoms with Crippen LogP contribution in [0.1, 0.15) is 51.5 Å². The molecule has 0 radical (unpaired) electrons. The van der Waals surface area contributed by atoms with Crippen LogP contribution in [0.15, 0.2) is 42.7 Å². The second-order valence-corrected chi connectivity index (χ2v) is 15.2. The lowest BCUT2D eigenvalue weighted by Crippen LogP contribution is -2.51. The summed E-state index contributed by atoms with van der Waals surface area (Å²) in [7, 11) is 3.49. The number of carbonyl (C=O) groups is 4. The first kappa shape index (κ1) is 44.8. The lowest BCUT2D eigenvalue weighted by molar-refractivity contribution is -0.902. The molecule has 1 unspecified atom stereocenters. The van der Waals surface area contributed by atoms with Gasteiger partial charge >= 0.3 is 12.6 Å². The number of carboxylic acid groups (broad SMARTS) is 1. The second-order valence-electron chi connectivity index (χ2n) is 14.8. The van der Waals surface area contributed by atoms with Gasteiger partial charge in [-0.3, -0.25) is 19.1 Å². The van der Waals surface area contributed by atoms with Crippen LogP contribution in [-0.2, 0) is 27.9 Å². The van der Waals surface area contributed by atoms with Crippen LogP contribution in [0.3, 0.4) is 0 Å². The number of hydrogen-bond donors (Lipinski definition) is 3. The van der Waals surface area contributed by atoms with E-state index in [-0.39, 0.29) is 59.9 Å². The zero-order valence-corrected chi connectivity index (χ0v) is 34.3. The van der Waals surface area contributed by atoms with Crippen molar-refractivity contribution >= 4 is 41.0 Å². The van der Waals surface area contributed by atoms with Crippen molar-refractivity contribution in [1.29, 1.82) is 0 Å². The molecule has 3 amide bonds. The molecular weight excluding hydrogens is 795 g/mol. The van der Waals surface area contributed by atoms with Crippen LogP contribution >= 0.6 is 11.6 Å². The van der Waals surface area contributed by atoms with E-state index in [0.717, 1.165) is 0 Å². The van der Waals surface area contributed by atoms with Gasteiger partial charge in [0, 0.05) is 80.6 Å². The number of piperazine rings is 1. The number of ether oxygens (including phenoxy) is 1. The summed E-state index contributed by atoms with van der Waals surface area (Å²) in [5.74, 6) is -2.30. The van der Waals surface area contributed by atoms with Gasteiger partial charge in [0.05, 0.1) is 62.0 Å². The Labute approximate surface area is 345 Å². The summed E-state index contributed by atoms with van der Waals surface area (Å²) in [6, 6.07) is 7.85. The lowest BCUT2D eigenvalue weighted by atomic mass is 9.98. The summed E-state index contributed by atoms with van der Waals surface area (Å²) in [6.45, 7) is 3.14. The number of nitrogens with two attached hydrogens (primary N) is 1. The molecule has 318 valence electrons. The predicted octanol–water partition coefficient (Wildman–Crippen LogP) is 4.80. The molecule has 3 heterocycles. The third-order valence-electron chi connectivity index (χ3n) is 10.7. The molecule has 5 rings (SSSR count). The van der Waals surface area contributed by atoms with Crippen LogP contribution in [0.5, 0.6) is 0 Å². The summed E-state index contributed by atoms with van der Waals surface area (Å²) < 4.78 is 48.3. The van der Waals surface area contributed by atoms with Gasteiger partial charge in [0.1, 0.15) is 5.82 Å². The minimum absolute atomic E-state index is 0.0376. The maximum atomic E-state index is 15.9. The zero-order valence-electron chi connectivity index (χ0n) is 33.5. The van der Waals surface area contributed by atoms with Gasteiger partial charge in [0.25, 0.3) is 11.8 Å². The number of benzene rings is 2. The highest BCUT2D eigenvalue weighted by molar-refractivity contribution is 6.34. The van der Waals surface area contributed by atoms with E-state index in [9.17, 15) is 33.1 Å². The third kappa shape index (κ3) is 10.9. The molecule has 2 aromatic carbocycles. The van der Waals surface area contributed by atoms with Crippen molar-refractivity contribution in [1.82, 2.24) is 29.1 Å². The average molecular weight is 845 g/mol. The maximum Gasteiger partial charge on any atom is 0.359 e. The largest absolute Gasteiger partial charge is 0.477 e. The van der Waals surface area contributed by atoms with Crippen LogP contribution in [-0.4, -0.2) is 135 Å². The number of anilines is 1. The Morgan fingerprint density at radius 2 is 1.68 bits per heavy atom. The normalized spacial score (nSPS) is 14.1. The van der Waals surface area contributed by atoms with Gasteiger partial charge in [-0.25, -0.2) is 14.2 Å². The van der Waals surface area contributed by atoms with Crippen LogP contribution in [0.25, 0.3) is 22.4 Å². The first-order valence-electron chi connectivity index (χ1n) is 19.2. The first-order valence-corrected chi connectivity index (χ1v) is 19.6. The molecule has 59 heavy (non-hydrogen) atoms. The molecule has 1 aliphatic rings. The molecular formula is C40H50ClF3N9O6+. The number of nitrogens with one attached hydrogen (secondary N) is 1. The molecule has 4 N–H and O–H groups in total.